The van der Waals surface area contributed by atoms with Crippen LogP contribution in [0.3, 0.4) is 0 Å². The van der Waals surface area contributed by atoms with Crippen LogP contribution in [0.2, 0.25) is 15.1 Å². The Balaban J connectivity index is 1.41. The van der Waals surface area contributed by atoms with Crippen molar-refractivity contribution in [3.8, 4) is 23.3 Å². The first kappa shape index (κ1) is 31.2. The molecule has 218 valence electrons. The number of carbonyl (C=O) groups is 1. The van der Waals surface area contributed by atoms with Gasteiger partial charge in [-0.2, -0.15) is 5.26 Å². The second kappa shape index (κ2) is 14.4. The first-order valence-corrected chi connectivity index (χ1v) is 13.6. The van der Waals surface area contributed by atoms with Crippen molar-refractivity contribution in [3.63, 3.8) is 0 Å². The zero-order chi connectivity index (χ0) is 30.9. The molecule has 0 saturated carbocycles. The first-order valence-electron chi connectivity index (χ1n) is 12.5. The molecule has 0 bridgehead atoms. The third kappa shape index (κ3) is 8.40. The minimum Gasteiger partial charge on any atom is -0.493 e. The minimum absolute atomic E-state index is 0.0325. The molecule has 1 amide bonds. The summed E-state index contributed by atoms with van der Waals surface area (Å²) in [5.74, 6) is 0.437. The molecule has 4 aromatic carbocycles. The Hall–Kier alpha value is -4.75. The van der Waals surface area contributed by atoms with Crippen molar-refractivity contribution in [3.05, 3.63) is 126 Å². The van der Waals surface area contributed by atoms with Gasteiger partial charge in [-0.1, -0.05) is 40.9 Å². The molecule has 9 nitrogen and oxygen atoms in total. The highest BCUT2D eigenvalue weighted by Crippen LogP contribution is 2.37. The molecule has 1 N–H and O–H groups in total. The van der Waals surface area contributed by atoms with Gasteiger partial charge in [-0.15, -0.1) is 0 Å². The van der Waals surface area contributed by atoms with Gasteiger partial charge in [0, 0.05) is 33.4 Å². The van der Waals surface area contributed by atoms with E-state index in [4.69, 9.17) is 49.0 Å². The molecule has 4 rings (SSSR count). The highest BCUT2D eigenvalue weighted by Gasteiger charge is 2.15. The van der Waals surface area contributed by atoms with Gasteiger partial charge in [-0.25, -0.2) is 0 Å². The molecule has 0 aliphatic rings. The Morgan fingerprint density at radius 3 is 2.30 bits per heavy atom. The molecular formula is C31H22Cl3N3O6. The lowest BCUT2D eigenvalue weighted by Crippen LogP contribution is -2.13. The summed E-state index contributed by atoms with van der Waals surface area (Å²) in [5, 5.41) is 24.4. The largest absolute Gasteiger partial charge is 0.493 e. The number of nitrogens with zero attached hydrogens (tertiary/aromatic N) is 2. The lowest BCUT2D eigenvalue weighted by molar-refractivity contribution is -0.384. The Morgan fingerprint density at radius 1 is 0.953 bits per heavy atom. The van der Waals surface area contributed by atoms with Gasteiger partial charge in [0.05, 0.1) is 17.1 Å². The van der Waals surface area contributed by atoms with Gasteiger partial charge in [-0.05, 0) is 77.9 Å². The van der Waals surface area contributed by atoms with Crippen LogP contribution in [0.4, 0.5) is 11.4 Å². The van der Waals surface area contributed by atoms with E-state index in [2.05, 4.69) is 5.32 Å². The van der Waals surface area contributed by atoms with Crippen molar-refractivity contribution < 1.29 is 23.9 Å². The lowest BCUT2D eigenvalue weighted by atomic mass is 10.1. The normalized spacial score (nSPS) is 10.9. The van der Waals surface area contributed by atoms with Crippen LogP contribution in [0.5, 0.6) is 17.2 Å². The van der Waals surface area contributed by atoms with E-state index in [0.29, 0.717) is 32.6 Å². The van der Waals surface area contributed by atoms with Crippen LogP contribution in [-0.2, 0) is 18.0 Å². The van der Waals surface area contributed by atoms with Crippen molar-refractivity contribution in [2.75, 3.05) is 12.4 Å². The van der Waals surface area contributed by atoms with Crippen LogP contribution in [0.25, 0.3) is 6.08 Å². The molecule has 43 heavy (non-hydrogen) atoms. The summed E-state index contributed by atoms with van der Waals surface area (Å²) in [7, 11) is 1.42. The molecular weight excluding hydrogens is 617 g/mol. The molecule has 0 aromatic heterocycles. The molecule has 12 heteroatoms. The summed E-state index contributed by atoms with van der Waals surface area (Å²) in [4.78, 5) is 23.2. The van der Waals surface area contributed by atoms with E-state index in [9.17, 15) is 20.2 Å². The predicted octanol–water partition coefficient (Wildman–Crippen LogP) is 8.27. The third-order valence-corrected chi connectivity index (χ3v) is 6.85. The zero-order valence-electron chi connectivity index (χ0n) is 22.5. The van der Waals surface area contributed by atoms with Gasteiger partial charge < -0.3 is 19.5 Å². The quantitative estimate of drug-likeness (QED) is 0.0759. The maximum atomic E-state index is 12.9. The van der Waals surface area contributed by atoms with Crippen LogP contribution in [-0.4, -0.2) is 17.9 Å². The Kier molecular flexibility index (Phi) is 10.5. The smallest absolute Gasteiger partial charge is 0.269 e. The van der Waals surface area contributed by atoms with Crippen LogP contribution < -0.4 is 19.5 Å². The second-order valence-corrected chi connectivity index (χ2v) is 10.2. The van der Waals surface area contributed by atoms with E-state index < -0.39 is 10.8 Å². The molecule has 0 fully saturated rings. The van der Waals surface area contributed by atoms with E-state index in [-0.39, 0.29) is 41.0 Å². The summed E-state index contributed by atoms with van der Waals surface area (Å²) in [6.45, 7) is 0.309. The molecule has 0 unspecified atom stereocenters. The van der Waals surface area contributed by atoms with Gasteiger partial charge in [0.25, 0.3) is 11.6 Å². The molecule has 0 aliphatic carbocycles. The number of non-ortho nitro benzene ring substituents is 1. The number of amides is 1. The predicted molar refractivity (Wildman–Crippen MR) is 165 cm³/mol. The standard InChI is InChI=1S/C31H22Cl3N3O6/c1-41-29-14-20(13-28(34)30(29)43-17-19-2-8-25(9-3-19)37(39)40)12-22(16-35)31(38)36-24-6-10-26(11-7-24)42-18-21-4-5-23(32)15-27(21)33/h2-15H,17-18H2,1H3,(H,36,38)/b22-12+. The SMILES string of the molecule is COc1cc(/C=C(\C#N)C(=O)Nc2ccc(OCc3ccc(Cl)cc3Cl)cc2)cc(Cl)c1OCc1ccc([N+](=O)[O-])cc1. The summed E-state index contributed by atoms with van der Waals surface area (Å²) in [5.41, 5.74) is 2.13. The lowest BCUT2D eigenvalue weighted by Gasteiger charge is -2.13. The van der Waals surface area contributed by atoms with E-state index >= 15 is 0 Å². The number of hydrogen-bond acceptors (Lipinski definition) is 7. The fourth-order valence-corrected chi connectivity index (χ4v) is 4.52. The number of hydrogen-bond donors (Lipinski definition) is 1. The highest BCUT2D eigenvalue weighted by atomic mass is 35.5. The number of carbonyl (C=O) groups excluding carboxylic acids is 1. The maximum absolute atomic E-state index is 12.9. The zero-order valence-corrected chi connectivity index (χ0v) is 24.7. The summed E-state index contributed by atoms with van der Waals surface area (Å²) >= 11 is 18.6. The van der Waals surface area contributed by atoms with Crippen LogP contribution in [0.15, 0.2) is 84.4 Å². The minimum atomic E-state index is -0.627. The fourth-order valence-electron chi connectivity index (χ4n) is 3.78. The molecule has 0 atom stereocenters. The number of nitro groups is 1. The monoisotopic (exact) mass is 637 g/mol. The average Bonchev–Trinajstić information content (AvgIpc) is 2.99. The van der Waals surface area contributed by atoms with Gasteiger partial charge in [0.1, 0.15) is 30.6 Å². The van der Waals surface area contributed by atoms with Crippen molar-refractivity contribution >= 4 is 58.2 Å². The van der Waals surface area contributed by atoms with Gasteiger partial charge >= 0.3 is 0 Å². The van der Waals surface area contributed by atoms with Crippen LogP contribution in [0, 0.1) is 21.4 Å². The summed E-state index contributed by atoms with van der Waals surface area (Å²) in [6, 6.07) is 22.7. The number of nitrogens with one attached hydrogen (secondary N) is 1. The number of nitro benzene ring substituents is 1. The molecule has 0 aliphatic heterocycles. The van der Waals surface area contributed by atoms with Crippen LogP contribution >= 0.6 is 34.8 Å². The van der Waals surface area contributed by atoms with Gasteiger partial charge in [-0.3, -0.25) is 14.9 Å². The molecule has 4 aromatic rings. The number of benzene rings is 4. The maximum Gasteiger partial charge on any atom is 0.269 e. The summed E-state index contributed by atoms with van der Waals surface area (Å²) < 4.78 is 17.0. The number of halogens is 3. The number of methoxy groups -OCH3 is 1. The number of ether oxygens (including phenoxy) is 3. The summed E-state index contributed by atoms with van der Waals surface area (Å²) in [6.07, 6.45) is 1.37. The van der Waals surface area contributed by atoms with E-state index in [0.717, 1.165) is 5.56 Å². The first-order chi connectivity index (χ1) is 20.7. The van der Waals surface area contributed by atoms with Crippen molar-refractivity contribution in [2.24, 2.45) is 0 Å². The van der Waals surface area contributed by atoms with Crippen molar-refractivity contribution in [1.82, 2.24) is 0 Å². The fraction of sp³-hybridized carbons (Fsp3) is 0.0968. The van der Waals surface area contributed by atoms with Crippen LogP contribution in [0.1, 0.15) is 16.7 Å². The van der Waals surface area contributed by atoms with E-state index in [1.54, 1.807) is 60.7 Å². The Bertz CT molecular complexity index is 1720. The third-order valence-electron chi connectivity index (χ3n) is 5.98. The molecule has 0 heterocycles. The Morgan fingerprint density at radius 2 is 1.67 bits per heavy atom. The van der Waals surface area contributed by atoms with E-state index in [1.165, 1.54) is 31.4 Å². The highest BCUT2D eigenvalue weighted by molar-refractivity contribution is 6.35. The second-order valence-electron chi connectivity index (χ2n) is 8.92. The number of anilines is 1. The van der Waals surface area contributed by atoms with Gasteiger partial charge in [0.2, 0.25) is 0 Å². The van der Waals surface area contributed by atoms with Gasteiger partial charge in [0.15, 0.2) is 11.5 Å². The van der Waals surface area contributed by atoms with Crippen molar-refractivity contribution in [1.29, 1.82) is 5.26 Å². The van der Waals surface area contributed by atoms with Crippen molar-refractivity contribution in [2.45, 2.75) is 13.2 Å². The molecule has 0 saturated heterocycles. The number of rotatable bonds is 11. The van der Waals surface area contributed by atoms with E-state index in [1.807, 2.05) is 6.07 Å². The molecule has 0 radical (unpaired) electrons. The Labute approximate surface area is 261 Å². The average molecular weight is 639 g/mol. The molecule has 0 spiro atoms. The topological polar surface area (TPSA) is 124 Å². The number of nitriles is 1.